The van der Waals surface area contributed by atoms with Gasteiger partial charge in [-0.1, -0.05) is 48.5 Å². The van der Waals surface area contributed by atoms with E-state index in [2.05, 4.69) is 26.6 Å². The number of carbonyl (C=O) groups excluding carboxylic acids is 5. The zero-order valence-corrected chi connectivity index (χ0v) is 27.4. The summed E-state index contributed by atoms with van der Waals surface area (Å²) in [6.07, 6.45) is 7.89. The van der Waals surface area contributed by atoms with Crippen LogP contribution in [0.5, 0.6) is 0 Å². The number of rotatable bonds is 3. The molecule has 2 atom stereocenters. The number of furan rings is 1. The molecule has 12 heteroatoms. The maximum Gasteiger partial charge on any atom is 0.244 e. The molecule has 0 radical (unpaired) electrons. The van der Waals surface area contributed by atoms with Crippen LogP contribution in [0.1, 0.15) is 53.7 Å². The van der Waals surface area contributed by atoms with E-state index in [1.807, 2.05) is 48.5 Å². The number of hydrogen-bond donors (Lipinski definition) is 6. The molecule has 3 heterocycles. The van der Waals surface area contributed by atoms with Crippen molar-refractivity contribution in [2.75, 3.05) is 6.54 Å². The Morgan fingerprint density at radius 2 is 1.55 bits per heavy atom. The SMILES string of the molecule is NC(=O)[C@@H]1Cc2cccc(c2)CNC(=O)/C=C/C(=O)N[C@H]2CC[C@H](CC2)CN[C@@H](Cc2ccco2)C(=O)NCc2ccccc2CC(=O)N1. The smallest absolute Gasteiger partial charge is 0.244 e. The topological polar surface area (TPSA) is 185 Å². The molecule has 5 amide bonds. The van der Waals surface area contributed by atoms with Gasteiger partial charge in [0, 0.05) is 44.1 Å². The third-order valence-electron chi connectivity index (χ3n) is 9.03. The lowest BCUT2D eigenvalue weighted by molar-refractivity contribution is -0.127. The second-order valence-corrected chi connectivity index (χ2v) is 12.7. The van der Waals surface area contributed by atoms with Crippen molar-refractivity contribution in [3.05, 3.63) is 107 Å². The molecule has 1 aromatic heterocycles. The Hall–Kier alpha value is -5.23. The average molecular weight is 669 g/mol. The monoisotopic (exact) mass is 668 g/mol. The summed E-state index contributed by atoms with van der Waals surface area (Å²) in [4.78, 5) is 64.1. The van der Waals surface area contributed by atoms with Crippen LogP contribution >= 0.6 is 0 Å². The number of fused-ring (bicyclic) bond motifs is 16. The van der Waals surface area contributed by atoms with Gasteiger partial charge in [0.15, 0.2) is 0 Å². The summed E-state index contributed by atoms with van der Waals surface area (Å²) >= 11 is 0. The molecule has 6 rings (SSSR count). The quantitative estimate of drug-likeness (QED) is 0.245. The van der Waals surface area contributed by atoms with E-state index in [1.165, 1.54) is 12.2 Å². The van der Waals surface area contributed by atoms with Gasteiger partial charge < -0.3 is 36.7 Å². The summed E-state index contributed by atoms with van der Waals surface area (Å²) in [5.74, 6) is -0.985. The van der Waals surface area contributed by atoms with Gasteiger partial charge in [0.25, 0.3) is 0 Å². The fourth-order valence-electron chi connectivity index (χ4n) is 6.31. The Morgan fingerprint density at radius 1 is 0.796 bits per heavy atom. The van der Waals surface area contributed by atoms with Crippen LogP contribution in [0.3, 0.4) is 0 Å². The van der Waals surface area contributed by atoms with E-state index in [-0.39, 0.29) is 49.7 Å². The third kappa shape index (κ3) is 10.9. The first-order valence-corrected chi connectivity index (χ1v) is 16.7. The van der Waals surface area contributed by atoms with E-state index >= 15 is 0 Å². The minimum absolute atomic E-state index is 0.00900. The lowest BCUT2D eigenvalue weighted by atomic mass is 9.85. The molecule has 4 bridgehead atoms. The standard InChI is InChI=1S/C37H44N6O6/c38-36(47)31-18-25-5-3-6-26(17-25)22-40-33(44)14-15-34(45)42-29-12-10-24(11-13-29)21-39-32(20-30-9-4-16-49-30)37(48)41-23-28-8-2-1-7-27(28)19-35(46)43-31/h1-9,14-17,24,29,31-32,39H,10-13,18-23H2,(H2,38,47)(H,40,44)(H,41,48)(H,42,45)(H,43,46)/b15-14+/t24-,29+,31-,32-/m0/s1. The number of nitrogens with one attached hydrogen (secondary N) is 5. The molecular formula is C37H44N6O6. The van der Waals surface area contributed by atoms with Crippen molar-refractivity contribution in [3.8, 4) is 0 Å². The van der Waals surface area contributed by atoms with E-state index in [4.69, 9.17) is 10.2 Å². The molecule has 1 aliphatic carbocycles. The first-order chi connectivity index (χ1) is 23.7. The number of nitrogens with two attached hydrogens (primary N) is 1. The van der Waals surface area contributed by atoms with Gasteiger partial charge in [0.1, 0.15) is 11.8 Å². The second kappa shape index (κ2) is 17.3. The molecule has 0 saturated heterocycles. The molecule has 3 aromatic rings. The van der Waals surface area contributed by atoms with Crippen LogP contribution in [0.25, 0.3) is 0 Å². The number of primary amides is 1. The molecule has 2 aliphatic heterocycles. The highest BCUT2D eigenvalue weighted by Crippen LogP contribution is 2.24. The summed E-state index contributed by atoms with van der Waals surface area (Å²) in [5, 5.41) is 15.0. The maximum atomic E-state index is 13.5. The highest BCUT2D eigenvalue weighted by Gasteiger charge is 2.26. The second-order valence-electron chi connectivity index (χ2n) is 12.7. The van der Waals surface area contributed by atoms with Crippen LogP contribution in [0.4, 0.5) is 0 Å². The van der Waals surface area contributed by atoms with E-state index in [1.54, 1.807) is 18.4 Å². The number of benzene rings is 2. The van der Waals surface area contributed by atoms with Crippen LogP contribution in [0.15, 0.2) is 83.5 Å². The van der Waals surface area contributed by atoms with E-state index < -0.39 is 23.9 Å². The van der Waals surface area contributed by atoms with Crippen molar-refractivity contribution < 1.29 is 28.4 Å². The van der Waals surface area contributed by atoms with E-state index in [0.29, 0.717) is 30.2 Å². The third-order valence-corrected chi connectivity index (χ3v) is 9.03. The summed E-state index contributed by atoms with van der Waals surface area (Å²) in [6, 6.07) is 16.7. The van der Waals surface area contributed by atoms with Gasteiger partial charge in [-0.05, 0) is 72.5 Å². The Balaban J connectivity index is 1.33. The predicted octanol–water partition coefficient (Wildman–Crippen LogP) is 1.71. The van der Waals surface area contributed by atoms with Gasteiger partial charge in [-0.3, -0.25) is 24.0 Å². The maximum absolute atomic E-state index is 13.5. The first-order valence-electron chi connectivity index (χ1n) is 16.7. The van der Waals surface area contributed by atoms with Gasteiger partial charge in [-0.2, -0.15) is 0 Å². The summed E-state index contributed by atoms with van der Waals surface area (Å²) in [5.41, 5.74) is 8.70. The molecule has 3 aliphatic rings. The molecule has 7 N–H and O–H groups in total. The zero-order valence-electron chi connectivity index (χ0n) is 27.4. The Bertz CT molecular complexity index is 1650. The fraction of sp³-hybridized carbons (Fsp3) is 0.378. The number of carbonyl (C=O) groups is 5. The van der Waals surface area contributed by atoms with Crippen LogP contribution in [-0.4, -0.2) is 54.2 Å². The summed E-state index contributed by atoms with van der Waals surface area (Å²) < 4.78 is 5.55. The van der Waals surface area contributed by atoms with Gasteiger partial charge in [-0.25, -0.2) is 0 Å². The average Bonchev–Trinajstić information content (AvgIpc) is 3.61. The molecule has 49 heavy (non-hydrogen) atoms. The first kappa shape index (κ1) is 35.1. The minimum Gasteiger partial charge on any atom is -0.469 e. The molecule has 1 saturated carbocycles. The highest BCUT2D eigenvalue weighted by atomic mass is 16.3. The molecule has 258 valence electrons. The van der Waals surface area contributed by atoms with E-state index in [9.17, 15) is 24.0 Å². The predicted molar refractivity (Wildman–Crippen MR) is 182 cm³/mol. The molecule has 1 fully saturated rings. The summed E-state index contributed by atoms with van der Waals surface area (Å²) in [7, 11) is 0. The molecular weight excluding hydrogens is 624 g/mol. The summed E-state index contributed by atoms with van der Waals surface area (Å²) in [6.45, 7) is 1.04. The Morgan fingerprint density at radius 3 is 2.31 bits per heavy atom. The Kier molecular flexibility index (Phi) is 12.4. The fourth-order valence-corrected chi connectivity index (χ4v) is 6.31. The van der Waals surface area contributed by atoms with Crippen LogP contribution < -0.4 is 32.3 Å². The van der Waals surface area contributed by atoms with Crippen molar-refractivity contribution in [1.82, 2.24) is 26.6 Å². The van der Waals surface area contributed by atoms with Crippen molar-refractivity contribution in [2.45, 2.75) is 76.2 Å². The molecule has 0 spiro atoms. The molecule has 12 nitrogen and oxygen atoms in total. The largest absolute Gasteiger partial charge is 0.469 e. The number of amides is 5. The van der Waals surface area contributed by atoms with Gasteiger partial charge >= 0.3 is 0 Å². The van der Waals surface area contributed by atoms with Crippen molar-refractivity contribution in [2.24, 2.45) is 11.7 Å². The molecule has 2 aromatic carbocycles. The lowest BCUT2D eigenvalue weighted by Crippen LogP contribution is -2.47. The Labute approximate surface area is 285 Å². The lowest BCUT2D eigenvalue weighted by Gasteiger charge is -2.30. The van der Waals surface area contributed by atoms with Gasteiger partial charge in [0.2, 0.25) is 29.5 Å². The van der Waals surface area contributed by atoms with Gasteiger partial charge in [-0.15, -0.1) is 0 Å². The van der Waals surface area contributed by atoms with Crippen molar-refractivity contribution >= 4 is 29.5 Å². The normalized spacial score (nSPS) is 23.9. The van der Waals surface area contributed by atoms with Crippen molar-refractivity contribution in [1.29, 1.82) is 0 Å². The van der Waals surface area contributed by atoms with Crippen molar-refractivity contribution in [3.63, 3.8) is 0 Å². The van der Waals surface area contributed by atoms with Crippen LogP contribution in [0.2, 0.25) is 0 Å². The zero-order chi connectivity index (χ0) is 34.6. The molecule has 0 unspecified atom stereocenters. The minimum atomic E-state index is -0.961. The number of hydrogen-bond acceptors (Lipinski definition) is 7. The highest BCUT2D eigenvalue weighted by molar-refractivity contribution is 5.96. The van der Waals surface area contributed by atoms with Crippen LogP contribution in [-0.2, 0) is 56.3 Å². The van der Waals surface area contributed by atoms with Gasteiger partial charge in [0.05, 0.1) is 18.7 Å². The van der Waals surface area contributed by atoms with E-state index in [0.717, 1.165) is 42.4 Å². The van der Waals surface area contributed by atoms with Crippen LogP contribution in [0, 0.1) is 5.92 Å².